The highest BCUT2D eigenvalue weighted by Crippen LogP contribution is 2.66. The molecule has 2 unspecified atom stereocenters. The van der Waals surface area contributed by atoms with Crippen LogP contribution in [0.4, 0.5) is 31.5 Å². The first-order chi connectivity index (χ1) is 24.5. The summed E-state index contributed by atoms with van der Waals surface area (Å²) < 4.78 is 28.4. The number of hydrogen-bond donors (Lipinski definition) is 0. The van der Waals surface area contributed by atoms with Gasteiger partial charge in [0.1, 0.15) is 11.6 Å². The number of nitrogens with zero attached hydrogens (tertiary/aromatic N) is 2. The third-order valence-electron chi connectivity index (χ3n) is 12.2. The van der Waals surface area contributed by atoms with E-state index in [0.717, 1.165) is 35.6 Å². The van der Waals surface area contributed by atoms with E-state index in [1.54, 1.807) is 24.3 Å². The van der Waals surface area contributed by atoms with Crippen LogP contribution in [0, 0.1) is 25.5 Å². The Morgan fingerprint density at radius 2 is 0.725 bits per heavy atom. The highest BCUT2D eigenvalue weighted by atomic mass is 19.1. The number of hydrogen-bond acceptors (Lipinski definition) is 2. The van der Waals surface area contributed by atoms with Crippen molar-refractivity contribution in [1.82, 2.24) is 0 Å². The molecule has 0 amide bonds. The van der Waals surface area contributed by atoms with Crippen LogP contribution >= 0.6 is 0 Å². The van der Waals surface area contributed by atoms with Crippen LogP contribution in [-0.2, 0) is 16.5 Å². The third-order valence-corrected chi connectivity index (χ3v) is 12.2. The summed E-state index contributed by atoms with van der Waals surface area (Å²) in [4.78, 5) is 4.83. The van der Waals surface area contributed by atoms with Crippen molar-refractivity contribution in [1.29, 1.82) is 0 Å². The molecule has 6 aromatic carbocycles. The minimum atomic E-state index is -0.325. The SMILES string of the molecule is CCC1(N(c2ccc(C)cc2)c2ccc(F)cc2)c2cc3c(cc21)C(C)(C)c1cc2c(cc1-3)C2(CC)N(c1ccc(C)cc1)c1ccc(F)cc1. The van der Waals surface area contributed by atoms with Crippen LogP contribution in [0.25, 0.3) is 11.1 Å². The lowest BCUT2D eigenvalue weighted by atomic mass is 9.82. The normalized spacial score (nSPS) is 19.8. The number of fused-ring (bicyclic) bond motifs is 5. The first kappa shape index (κ1) is 31.7. The molecule has 0 fully saturated rings. The highest BCUT2D eigenvalue weighted by Gasteiger charge is 2.59. The summed E-state index contributed by atoms with van der Waals surface area (Å²) in [6.45, 7) is 13.5. The van der Waals surface area contributed by atoms with E-state index in [9.17, 15) is 8.78 Å². The van der Waals surface area contributed by atoms with Crippen molar-refractivity contribution in [2.24, 2.45) is 0 Å². The number of rotatable bonds is 8. The lowest BCUT2D eigenvalue weighted by molar-refractivity contribution is 0.603. The van der Waals surface area contributed by atoms with Gasteiger partial charge in [-0.1, -0.05) is 75.2 Å². The maximum absolute atomic E-state index is 14.2. The molecule has 0 bridgehead atoms. The molecule has 2 nitrogen and oxygen atoms in total. The van der Waals surface area contributed by atoms with Crippen molar-refractivity contribution in [2.75, 3.05) is 9.80 Å². The van der Waals surface area contributed by atoms with Gasteiger partial charge in [0.25, 0.3) is 0 Å². The topological polar surface area (TPSA) is 6.48 Å². The highest BCUT2D eigenvalue weighted by molar-refractivity contribution is 5.90. The molecule has 0 aromatic heterocycles. The average molecular weight is 673 g/mol. The van der Waals surface area contributed by atoms with Crippen molar-refractivity contribution in [3.05, 3.63) is 177 Å². The number of aryl methyl sites for hydroxylation is 2. The molecule has 0 aliphatic heterocycles. The van der Waals surface area contributed by atoms with Crippen LogP contribution in [-0.4, -0.2) is 0 Å². The van der Waals surface area contributed by atoms with E-state index in [1.165, 1.54) is 55.6 Å². The molecular weight excluding hydrogens is 631 g/mol. The van der Waals surface area contributed by atoms with Gasteiger partial charge in [0, 0.05) is 28.2 Å². The Morgan fingerprint density at radius 1 is 0.431 bits per heavy atom. The molecule has 2 atom stereocenters. The van der Waals surface area contributed by atoms with E-state index in [4.69, 9.17) is 0 Å². The fraction of sp³-hybridized carbons (Fsp3) is 0.234. The van der Waals surface area contributed by atoms with Gasteiger partial charge >= 0.3 is 0 Å². The molecule has 0 heterocycles. The summed E-state index contributed by atoms with van der Waals surface area (Å²) in [5.41, 5.74) is 16.4. The van der Waals surface area contributed by atoms with Gasteiger partial charge < -0.3 is 9.80 Å². The minimum absolute atomic E-state index is 0.200. The van der Waals surface area contributed by atoms with Gasteiger partial charge in [-0.25, -0.2) is 8.78 Å². The fourth-order valence-electron chi connectivity index (χ4n) is 9.31. The molecule has 0 radical (unpaired) electrons. The van der Waals surface area contributed by atoms with Crippen LogP contribution in [0.1, 0.15) is 85.0 Å². The Kier molecular flexibility index (Phi) is 6.78. The van der Waals surface area contributed by atoms with Crippen LogP contribution in [0.3, 0.4) is 0 Å². The van der Waals surface area contributed by atoms with Crippen LogP contribution in [0.2, 0.25) is 0 Å². The Bertz CT molecular complexity index is 2080. The summed E-state index contributed by atoms with van der Waals surface area (Å²) in [6.07, 6.45) is 1.77. The Balaban J connectivity index is 1.18. The maximum Gasteiger partial charge on any atom is 0.123 e. The summed E-state index contributed by atoms with van der Waals surface area (Å²) >= 11 is 0. The number of halogens is 2. The number of anilines is 4. The lowest BCUT2D eigenvalue weighted by Gasteiger charge is -2.35. The van der Waals surface area contributed by atoms with E-state index in [-0.39, 0.29) is 28.1 Å². The van der Waals surface area contributed by atoms with E-state index in [1.807, 2.05) is 24.3 Å². The molecule has 3 aliphatic carbocycles. The van der Waals surface area contributed by atoms with E-state index in [2.05, 4.69) is 124 Å². The molecule has 0 saturated heterocycles. The van der Waals surface area contributed by atoms with Gasteiger partial charge in [-0.05, 0) is 156 Å². The van der Waals surface area contributed by atoms with E-state index < -0.39 is 0 Å². The van der Waals surface area contributed by atoms with Crippen molar-refractivity contribution >= 4 is 22.7 Å². The van der Waals surface area contributed by atoms with Gasteiger partial charge in [0.15, 0.2) is 0 Å². The summed E-state index contributed by atoms with van der Waals surface area (Å²) in [5.74, 6) is -0.467. The van der Waals surface area contributed by atoms with Gasteiger partial charge in [0.05, 0.1) is 11.1 Å². The monoisotopic (exact) mass is 672 g/mol. The Labute approximate surface area is 300 Å². The lowest BCUT2D eigenvalue weighted by Crippen LogP contribution is -2.32. The van der Waals surface area contributed by atoms with Gasteiger partial charge in [-0.15, -0.1) is 0 Å². The molecule has 51 heavy (non-hydrogen) atoms. The standard InChI is InChI=1S/C47H42F2N2/c1-7-46(50(33-17-9-29(3)10-18-33)35-21-13-31(48)14-22-35)41-25-37-38-26-42-44(28-40(38)45(5,6)39(37)27-43(41)46)47(42,8-2)51(34-19-11-30(4)12-20-34)36-23-15-32(49)16-24-36/h9-28H,7-8H2,1-6H3. The minimum Gasteiger partial charge on any atom is -0.327 e. The van der Waals surface area contributed by atoms with Crippen molar-refractivity contribution in [3.8, 4) is 11.1 Å². The van der Waals surface area contributed by atoms with E-state index in [0.29, 0.717) is 0 Å². The summed E-state index contributed by atoms with van der Waals surface area (Å²) in [7, 11) is 0. The molecule has 0 saturated carbocycles. The van der Waals surface area contributed by atoms with Crippen molar-refractivity contribution < 1.29 is 8.78 Å². The van der Waals surface area contributed by atoms with Crippen LogP contribution in [0.5, 0.6) is 0 Å². The van der Waals surface area contributed by atoms with Crippen LogP contribution in [0.15, 0.2) is 121 Å². The van der Waals surface area contributed by atoms with Crippen molar-refractivity contribution in [3.63, 3.8) is 0 Å². The Hall–Kier alpha value is -5.22. The van der Waals surface area contributed by atoms with Gasteiger partial charge in [0.2, 0.25) is 0 Å². The van der Waals surface area contributed by atoms with Crippen LogP contribution < -0.4 is 9.80 Å². The second kappa shape index (κ2) is 10.9. The quantitative estimate of drug-likeness (QED) is 0.159. The predicted octanol–water partition coefficient (Wildman–Crippen LogP) is 12.5. The Morgan fingerprint density at radius 3 is 1.04 bits per heavy atom. The zero-order valence-electron chi connectivity index (χ0n) is 30.1. The third kappa shape index (κ3) is 4.38. The van der Waals surface area contributed by atoms with Gasteiger partial charge in [-0.3, -0.25) is 0 Å². The summed E-state index contributed by atoms with van der Waals surface area (Å²) in [6, 6.07) is 41.0. The average Bonchev–Trinajstić information content (AvgIpc) is 3.97. The molecule has 0 spiro atoms. The van der Waals surface area contributed by atoms with E-state index >= 15 is 0 Å². The molecule has 3 aliphatic rings. The maximum atomic E-state index is 14.2. The second-order valence-corrected chi connectivity index (χ2v) is 15.2. The zero-order chi connectivity index (χ0) is 35.4. The zero-order valence-corrected chi connectivity index (χ0v) is 30.1. The second-order valence-electron chi connectivity index (χ2n) is 15.2. The first-order valence-electron chi connectivity index (χ1n) is 18.2. The predicted molar refractivity (Wildman–Crippen MR) is 206 cm³/mol. The molecule has 6 aromatic rings. The van der Waals surface area contributed by atoms with Crippen molar-refractivity contribution in [2.45, 2.75) is 70.9 Å². The summed E-state index contributed by atoms with van der Waals surface area (Å²) in [5, 5.41) is 0. The smallest absolute Gasteiger partial charge is 0.123 e. The largest absolute Gasteiger partial charge is 0.327 e. The fourth-order valence-corrected chi connectivity index (χ4v) is 9.31. The molecule has 254 valence electrons. The molecule has 9 rings (SSSR count). The number of benzene rings is 6. The first-order valence-corrected chi connectivity index (χ1v) is 18.2. The van der Waals surface area contributed by atoms with Gasteiger partial charge in [-0.2, -0.15) is 0 Å². The molecular formula is C47H42F2N2. The molecule has 0 N–H and O–H groups in total. The molecule has 4 heteroatoms.